The van der Waals surface area contributed by atoms with E-state index < -0.39 is 254 Å². The fourth-order valence-electron chi connectivity index (χ4n) is 7.76. The Labute approximate surface area is 526 Å². The molecule has 524 valence electrons. The summed E-state index contributed by atoms with van der Waals surface area (Å²) in [6, 6.07) is -21.6. The largest absolute Gasteiger partial charge is 0.481 e. The van der Waals surface area contributed by atoms with E-state index in [2.05, 4.69) is 45.6 Å². The van der Waals surface area contributed by atoms with Gasteiger partial charge in [0.2, 0.25) is 65.0 Å². The predicted molar refractivity (Wildman–Crippen MR) is 306 cm³/mol. The number of aromatic amines is 1. The number of aromatic nitrogens is 2. The number of carboxylic acid groups (broad SMARTS) is 4. The molecule has 0 aliphatic heterocycles. The number of carbonyl (C=O) groups is 15. The normalized spacial score (nSPS) is 15.1. The van der Waals surface area contributed by atoms with Gasteiger partial charge in [0, 0.05) is 37.6 Å². The van der Waals surface area contributed by atoms with Crippen LogP contribution in [0.4, 0.5) is 0 Å². The molecule has 0 saturated carbocycles. The lowest BCUT2D eigenvalue weighted by atomic mass is 10.0. The quantitative estimate of drug-likeness (QED) is 0.0270. The van der Waals surface area contributed by atoms with Crippen molar-refractivity contribution in [1.82, 2.24) is 63.1 Å². The van der Waals surface area contributed by atoms with E-state index >= 15 is 0 Å². The number of primary amides is 1. The fourth-order valence-corrected chi connectivity index (χ4v) is 8.45. The van der Waals surface area contributed by atoms with Crippen molar-refractivity contribution >= 4 is 105 Å². The van der Waals surface area contributed by atoms with Crippen molar-refractivity contribution in [3.8, 4) is 0 Å². The molecule has 1 aromatic rings. The Balaban J connectivity index is 3.71. The standard InChI is InChI=1S/C48H78N14O29P2/c1-20(2)11-27(57-39(73)24(5-8-34(66)67)54-43(77)28(12-22-14-51-19-52-22)56-38(72)23(49)15-63)42(76)53-25(6-9-35(68)69)40(74)60-32(18-91-93(87,88)89)46(80)61-31(17-90-92(84,85)86)45(79)59-30(16-64)44(78)55-26(7-10-36(70)71)41(75)62-37(21(3)4)47(81)58-29(48(82)83)13-33(50)65/h14,19-21,23-32,37,63-64H,5-13,15-18,49H2,1-4H3,(H2,50,65)(H,51,52)(H,53,76)(H,54,77)(H,55,78)(H,56,72)(H,57,73)(H,58,81)(H,59,79)(H,60,74)(H,61,80)(H,62,75)(H,66,67)(H,68,69)(H,70,71)(H,82,83)(H2,84,85,86)(H2,87,88,89)/t23-,24-,25-,26-,27-,28-,29-,30-,31-,32-,37-/m0/s1. The first kappa shape index (κ1) is 82.4. The first-order valence-electron chi connectivity index (χ1n) is 27.6. The number of nitrogens with one attached hydrogen (secondary N) is 11. The molecule has 0 aliphatic rings. The number of carbonyl (C=O) groups excluding carboxylic acids is 11. The molecule has 0 unspecified atom stereocenters. The number of phosphoric ester groups is 2. The van der Waals surface area contributed by atoms with E-state index in [1.165, 1.54) is 40.2 Å². The van der Waals surface area contributed by atoms with Gasteiger partial charge in [-0.15, -0.1) is 0 Å². The van der Waals surface area contributed by atoms with Gasteiger partial charge < -0.3 is 120 Å². The van der Waals surface area contributed by atoms with Crippen LogP contribution in [0.1, 0.15) is 84.8 Å². The average molecular weight is 1380 g/mol. The molecule has 0 bridgehead atoms. The molecule has 0 aliphatic carbocycles. The number of nitrogens with two attached hydrogens (primary N) is 2. The Bertz CT molecular complexity index is 2910. The van der Waals surface area contributed by atoms with E-state index in [0.717, 1.165) is 0 Å². The van der Waals surface area contributed by atoms with E-state index in [0.29, 0.717) is 0 Å². The minimum absolute atomic E-state index is 0.260. The van der Waals surface area contributed by atoms with E-state index in [4.69, 9.17) is 11.5 Å². The molecule has 0 saturated heterocycles. The van der Waals surface area contributed by atoms with E-state index in [-0.39, 0.29) is 18.5 Å². The molecule has 1 aromatic heterocycles. The highest BCUT2D eigenvalue weighted by atomic mass is 31.2. The van der Waals surface area contributed by atoms with Crippen molar-refractivity contribution in [2.75, 3.05) is 26.4 Å². The summed E-state index contributed by atoms with van der Waals surface area (Å²) in [5.41, 5.74) is 10.9. The Morgan fingerprint density at radius 2 is 0.849 bits per heavy atom. The molecular formula is C48H78N14O29P2. The molecule has 43 nitrogen and oxygen atoms in total. The highest BCUT2D eigenvalue weighted by molar-refractivity contribution is 7.46. The van der Waals surface area contributed by atoms with Crippen LogP contribution in [0.5, 0.6) is 0 Å². The van der Waals surface area contributed by atoms with Crippen molar-refractivity contribution in [2.24, 2.45) is 23.3 Å². The third-order valence-electron chi connectivity index (χ3n) is 12.5. The zero-order chi connectivity index (χ0) is 71.2. The highest BCUT2D eigenvalue weighted by Crippen LogP contribution is 2.36. The minimum Gasteiger partial charge on any atom is -0.481 e. The Hall–Kier alpha value is -8.64. The average Bonchev–Trinajstić information content (AvgIpc) is 1.13. The van der Waals surface area contributed by atoms with Crippen LogP contribution in [0, 0.1) is 11.8 Å². The molecular weight excluding hydrogens is 1300 g/mol. The van der Waals surface area contributed by atoms with Crippen molar-refractivity contribution in [1.29, 1.82) is 0 Å². The predicted octanol–water partition coefficient (Wildman–Crippen LogP) is -9.41. The van der Waals surface area contributed by atoms with Gasteiger partial charge in [-0.3, -0.25) is 76.2 Å². The van der Waals surface area contributed by atoms with Gasteiger partial charge in [-0.2, -0.15) is 0 Å². The number of carboxylic acids is 4. The van der Waals surface area contributed by atoms with Gasteiger partial charge >= 0.3 is 39.5 Å². The molecule has 0 aromatic carbocycles. The second-order valence-electron chi connectivity index (χ2n) is 21.0. The van der Waals surface area contributed by atoms with Crippen LogP contribution in [0.3, 0.4) is 0 Å². The van der Waals surface area contributed by atoms with Crippen LogP contribution in [0.25, 0.3) is 0 Å². The summed E-state index contributed by atoms with van der Waals surface area (Å²) < 4.78 is 32.5. The molecule has 1 heterocycles. The molecule has 45 heteroatoms. The number of amides is 11. The van der Waals surface area contributed by atoms with Gasteiger partial charge in [0.25, 0.3) is 0 Å². The summed E-state index contributed by atoms with van der Waals surface area (Å²) in [4.78, 5) is 240. The molecule has 1 rings (SSSR count). The Morgan fingerprint density at radius 1 is 0.495 bits per heavy atom. The lowest BCUT2D eigenvalue weighted by Crippen LogP contribution is -2.62. The van der Waals surface area contributed by atoms with E-state index in [9.17, 15) is 131 Å². The lowest BCUT2D eigenvalue weighted by molar-refractivity contribution is -0.144. The van der Waals surface area contributed by atoms with Crippen molar-refractivity contribution in [3.05, 3.63) is 18.2 Å². The number of aliphatic carboxylic acids is 4. The van der Waals surface area contributed by atoms with Crippen LogP contribution in [-0.2, 0) is 96.5 Å². The number of nitrogens with zero attached hydrogens (tertiary/aromatic N) is 1. The van der Waals surface area contributed by atoms with Crippen LogP contribution in [-0.4, -0.2) is 242 Å². The topological polar surface area (TPSA) is 712 Å². The highest BCUT2D eigenvalue weighted by Gasteiger charge is 2.39. The third-order valence-corrected chi connectivity index (χ3v) is 13.5. The van der Waals surface area contributed by atoms with Gasteiger partial charge in [-0.05, 0) is 37.5 Å². The molecule has 11 atom stereocenters. The van der Waals surface area contributed by atoms with Crippen molar-refractivity contribution < 1.29 is 140 Å². The van der Waals surface area contributed by atoms with Gasteiger partial charge in [-0.1, -0.05) is 27.7 Å². The fraction of sp³-hybridized carbons (Fsp3) is 0.625. The van der Waals surface area contributed by atoms with Gasteiger partial charge in [0.15, 0.2) is 0 Å². The molecule has 93 heavy (non-hydrogen) atoms. The minimum atomic E-state index is -5.67. The molecule has 0 fully saturated rings. The third kappa shape index (κ3) is 33.0. The van der Waals surface area contributed by atoms with Crippen LogP contribution < -0.4 is 64.6 Å². The maximum absolute atomic E-state index is 14.1. The van der Waals surface area contributed by atoms with Crippen LogP contribution in [0.15, 0.2) is 12.5 Å². The Morgan fingerprint density at radius 3 is 1.20 bits per heavy atom. The second-order valence-corrected chi connectivity index (χ2v) is 23.5. The summed E-state index contributed by atoms with van der Waals surface area (Å²) in [6.45, 7) is 0.259. The molecule has 0 radical (unpaired) electrons. The summed E-state index contributed by atoms with van der Waals surface area (Å²) in [6.07, 6.45) is -4.07. The first-order chi connectivity index (χ1) is 43.1. The molecule has 0 spiro atoms. The molecule has 11 amide bonds. The van der Waals surface area contributed by atoms with Crippen molar-refractivity contribution in [2.45, 2.75) is 152 Å². The number of aliphatic hydroxyl groups excluding tert-OH is 2. The number of H-pyrrole nitrogens is 1. The number of hydrogen-bond acceptors (Lipinski definition) is 23. The first-order valence-corrected chi connectivity index (χ1v) is 30.7. The number of hydrogen-bond donors (Lipinski definition) is 23. The van der Waals surface area contributed by atoms with Gasteiger partial charge in [0.1, 0.15) is 66.5 Å². The monoisotopic (exact) mass is 1380 g/mol. The number of aliphatic hydroxyl groups is 2. The number of imidazole rings is 1. The Kier molecular flexibility index (Phi) is 35.2. The zero-order valence-electron chi connectivity index (χ0n) is 50.1. The van der Waals surface area contributed by atoms with Crippen LogP contribution >= 0.6 is 15.6 Å². The number of phosphoric acid groups is 2. The maximum atomic E-state index is 14.1. The number of rotatable bonds is 45. The summed E-state index contributed by atoms with van der Waals surface area (Å²) in [5, 5.41) is 78.3. The summed E-state index contributed by atoms with van der Waals surface area (Å²) >= 11 is 0. The smallest absolute Gasteiger partial charge is 0.469 e. The zero-order valence-corrected chi connectivity index (χ0v) is 51.9. The van der Waals surface area contributed by atoms with Crippen molar-refractivity contribution in [3.63, 3.8) is 0 Å². The van der Waals surface area contributed by atoms with Crippen LogP contribution in [0.2, 0.25) is 0 Å². The van der Waals surface area contributed by atoms with E-state index in [1.807, 2.05) is 21.3 Å². The second kappa shape index (κ2) is 39.7. The van der Waals surface area contributed by atoms with Gasteiger partial charge in [0.05, 0.1) is 39.2 Å². The molecule has 25 N–H and O–H groups in total. The summed E-state index contributed by atoms with van der Waals surface area (Å²) in [5.74, 6) is -22.8. The van der Waals surface area contributed by atoms with E-state index in [1.54, 1.807) is 5.32 Å². The van der Waals surface area contributed by atoms with Gasteiger partial charge in [-0.25, -0.2) is 18.9 Å². The summed E-state index contributed by atoms with van der Waals surface area (Å²) in [7, 11) is -11.3. The lowest BCUT2D eigenvalue weighted by Gasteiger charge is -2.28. The maximum Gasteiger partial charge on any atom is 0.469 e. The SMILES string of the molecule is CC(C)C[C@H](NC(=O)[C@H](CCC(=O)O)NC(=O)[C@H](Cc1cnc[nH]1)NC(=O)[C@@H](N)CO)C(=O)N[C@@H](CCC(=O)O)C(=O)N[C@@H](COP(=O)(O)O)C(=O)N[C@@H](COP(=O)(O)O)C(=O)N[C@@H](CO)C(=O)N[C@@H](CCC(=O)O)C(=O)N[C@H](C(=O)N[C@@H](CC(N)=O)C(=O)O)C(C)C.